The lowest BCUT2D eigenvalue weighted by Gasteiger charge is -2.34. The first kappa shape index (κ1) is 20.0. The predicted octanol–water partition coefficient (Wildman–Crippen LogP) is 4.16. The number of ether oxygens (including phenoxy) is 2. The Morgan fingerprint density at radius 3 is 2.48 bits per heavy atom. The number of methoxy groups -OCH3 is 1. The number of piperazine rings is 1. The van der Waals surface area contributed by atoms with Crippen molar-refractivity contribution in [2.45, 2.75) is 26.5 Å². The Balaban J connectivity index is 1.60. The number of halogens is 1. The summed E-state index contributed by atoms with van der Waals surface area (Å²) in [6.45, 7) is 7.94. The second-order valence-electron chi connectivity index (χ2n) is 6.81. The van der Waals surface area contributed by atoms with Gasteiger partial charge in [0.15, 0.2) is 11.5 Å². The van der Waals surface area contributed by atoms with Crippen LogP contribution in [0.1, 0.15) is 29.1 Å². The molecular weight excluding hydrogens is 384 g/mol. The molecule has 0 unspecified atom stereocenters. The van der Waals surface area contributed by atoms with Crippen LogP contribution in [0.3, 0.4) is 0 Å². The van der Waals surface area contributed by atoms with Crippen LogP contribution in [0, 0.1) is 0 Å². The van der Waals surface area contributed by atoms with E-state index in [1.54, 1.807) is 24.5 Å². The van der Waals surface area contributed by atoms with Crippen LogP contribution in [0.4, 0.5) is 0 Å². The summed E-state index contributed by atoms with van der Waals surface area (Å²) in [7, 11) is 1.59. The van der Waals surface area contributed by atoms with Crippen LogP contribution in [-0.4, -0.2) is 55.1 Å². The van der Waals surface area contributed by atoms with E-state index in [1.807, 2.05) is 36.9 Å². The number of amides is 1. The fourth-order valence-electron chi connectivity index (χ4n) is 3.10. The van der Waals surface area contributed by atoms with E-state index < -0.39 is 0 Å². The molecule has 3 rings (SSSR count). The first-order valence-corrected chi connectivity index (χ1v) is 10.3. The number of hydrogen-bond acceptors (Lipinski definition) is 5. The van der Waals surface area contributed by atoms with Gasteiger partial charge in [-0.15, -0.1) is 11.3 Å². The van der Waals surface area contributed by atoms with Crippen LogP contribution >= 0.6 is 22.9 Å². The second-order valence-corrected chi connectivity index (χ2v) is 8.61. The molecule has 1 aliphatic heterocycles. The number of hydrogen-bond donors (Lipinski definition) is 0. The zero-order valence-electron chi connectivity index (χ0n) is 15.9. The molecule has 0 N–H and O–H groups in total. The first-order chi connectivity index (χ1) is 13.0. The van der Waals surface area contributed by atoms with Gasteiger partial charge in [0.1, 0.15) is 0 Å². The van der Waals surface area contributed by atoms with Crippen molar-refractivity contribution in [3.8, 4) is 11.5 Å². The summed E-state index contributed by atoms with van der Waals surface area (Å²) in [6.07, 6.45) is 0.0479. The van der Waals surface area contributed by atoms with E-state index in [-0.39, 0.29) is 12.0 Å². The fourth-order valence-corrected chi connectivity index (χ4v) is 4.23. The Labute approximate surface area is 169 Å². The number of carbonyl (C=O) groups excluding carboxylic acids is 1. The molecule has 5 nitrogen and oxygen atoms in total. The SMILES string of the molecule is COc1cc(C(=O)N2CCN(Cc3ccc(Cl)s3)CC2)ccc1OC(C)C. The third kappa shape index (κ3) is 5.15. The number of thiophene rings is 1. The number of benzene rings is 1. The van der Waals surface area contributed by atoms with E-state index in [4.69, 9.17) is 21.1 Å². The molecular formula is C20H25ClN2O3S. The summed E-state index contributed by atoms with van der Waals surface area (Å²) in [4.78, 5) is 18.4. The van der Waals surface area contributed by atoms with Gasteiger partial charge in [-0.3, -0.25) is 9.69 Å². The van der Waals surface area contributed by atoms with Gasteiger partial charge in [0.25, 0.3) is 5.91 Å². The number of nitrogens with zero attached hydrogens (tertiary/aromatic N) is 2. The quantitative estimate of drug-likeness (QED) is 0.719. The maximum atomic E-state index is 12.9. The molecule has 2 aromatic rings. The van der Waals surface area contributed by atoms with Crippen LogP contribution < -0.4 is 9.47 Å². The lowest BCUT2D eigenvalue weighted by molar-refractivity contribution is 0.0629. The van der Waals surface area contributed by atoms with Crippen LogP contribution in [0.2, 0.25) is 4.34 Å². The van der Waals surface area contributed by atoms with Gasteiger partial charge >= 0.3 is 0 Å². The molecule has 0 bridgehead atoms. The third-order valence-corrected chi connectivity index (χ3v) is 5.66. The minimum atomic E-state index is 0.0308. The highest BCUT2D eigenvalue weighted by Gasteiger charge is 2.23. The maximum Gasteiger partial charge on any atom is 0.254 e. The molecule has 1 aliphatic rings. The molecule has 0 saturated carbocycles. The van der Waals surface area contributed by atoms with Crippen LogP contribution in [-0.2, 0) is 6.54 Å². The molecule has 1 aromatic carbocycles. The summed E-state index contributed by atoms with van der Waals surface area (Å²) in [5.41, 5.74) is 0.626. The van der Waals surface area contributed by atoms with E-state index in [0.717, 1.165) is 24.0 Å². The summed E-state index contributed by atoms with van der Waals surface area (Å²) in [6, 6.07) is 9.38. The Kier molecular flexibility index (Phi) is 6.63. The maximum absolute atomic E-state index is 12.9. The minimum Gasteiger partial charge on any atom is -0.493 e. The molecule has 0 spiro atoms. The number of rotatable bonds is 6. The summed E-state index contributed by atoms with van der Waals surface area (Å²) in [5, 5.41) is 0. The Hall–Kier alpha value is -1.76. The monoisotopic (exact) mass is 408 g/mol. The molecule has 2 heterocycles. The molecule has 1 aromatic heterocycles. The molecule has 7 heteroatoms. The average Bonchev–Trinajstić information content (AvgIpc) is 3.06. The summed E-state index contributed by atoms with van der Waals surface area (Å²) >= 11 is 7.61. The normalized spacial score (nSPS) is 15.2. The highest BCUT2D eigenvalue weighted by atomic mass is 35.5. The van der Waals surface area contributed by atoms with Crippen molar-refractivity contribution in [2.75, 3.05) is 33.3 Å². The third-order valence-electron chi connectivity index (χ3n) is 4.44. The standard InChI is InChI=1S/C20H25ClN2O3S/c1-14(2)26-17-6-4-15(12-18(17)25-3)20(24)23-10-8-22(9-11-23)13-16-5-7-19(21)27-16/h4-7,12,14H,8-11,13H2,1-3H3. The van der Waals surface area contributed by atoms with Crippen LogP contribution in [0.15, 0.2) is 30.3 Å². The van der Waals surface area contributed by atoms with Gasteiger partial charge in [-0.25, -0.2) is 0 Å². The Morgan fingerprint density at radius 1 is 1.15 bits per heavy atom. The Morgan fingerprint density at radius 2 is 1.89 bits per heavy atom. The van der Waals surface area contributed by atoms with Gasteiger partial charge < -0.3 is 14.4 Å². The molecule has 146 valence electrons. The summed E-state index contributed by atoms with van der Waals surface area (Å²) in [5.74, 6) is 1.27. The lowest BCUT2D eigenvalue weighted by atomic mass is 10.1. The fraction of sp³-hybridized carbons (Fsp3) is 0.450. The van der Waals surface area contributed by atoms with Crippen LogP contribution in [0.5, 0.6) is 11.5 Å². The van der Waals surface area contributed by atoms with E-state index in [2.05, 4.69) is 11.0 Å². The second kappa shape index (κ2) is 8.95. The topological polar surface area (TPSA) is 42.0 Å². The minimum absolute atomic E-state index is 0.0308. The first-order valence-electron chi connectivity index (χ1n) is 9.07. The highest BCUT2D eigenvalue weighted by Crippen LogP contribution is 2.29. The van der Waals surface area contributed by atoms with Gasteiger partial charge in [-0.05, 0) is 44.2 Å². The van der Waals surface area contributed by atoms with E-state index in [0.29, 0.717) is 30.2 Å². The molecule has 1 fully saturated rings. The highest BCUT2D eigenvalue weighted by molar-refractivity contribution is 7.16. The average molecular weight is 409 g/mol. The largest absolute Gasteiger partial charge is 0.493 e. The van der Waals surface area contributed by atoms with Crippen molar-refractivity contribution >= 4 is 28.8 Å². The van der Waals surface area contributed by atoms with Crippen molar-refractivity contribution in [3.05, 3.63) is 45.1 Å². The smallest absolute Gasteiger partial charge is 0.254 e. The van der Waals surface area contributed by atoms with Gasteiger partial charge in [-0.2, -0.15) is 0 Å². The molecule has 0 radical (unpaired) electrons. The van der Waals surface area contributed by atoms with Gasteiger partial charge in [0.05, 0.1) is 17.6 Å². The van der Waals surface area contributed by atoms with E-state index >= 15 is 0 Å². The van der Waals surface area contributed by atoms with E-state index in [9.17, 15) is 4.79 Å². The zero-order valence-corrected chi connectivity index (χ0v) is 17.5. The zero-order chi connectivity index (χ0) is 19.4. The van der Waals surface area contributed by atoms with Crippen molar-refractivity contribution in [2.24, 2.45) is 0 Å². The molecule has 27 heavy (non-hydrogen) atoms. The Bertz CT molecular complexity index is 785. The van der Waals surface area contributed by atoms with Crippen molar-refractivity contribution < 1.29 is 14.3 Å². The molecule has 1 saturated heterocycles. The van der Waals surface area contributed by atoms with Crippen molar-refractivity contribution in [1.29, 1.82) is 0 Å². The lowest BCUT2D eigenvalue weighted by Crippen LogP contribution is -2.48. The van der Waals surface area contributed by atoms with Gasteiger partial charge in [0.2, 0.25) is 0 Å². The molecule has 0 atom stereocenters. The predicted molar refractivity (Wildman–Crippen MR) is 109 cm³/mol. The molecule has 1 amide bonds. The van der Waals surface area contributed by atoms with Crippen LogP contribution in [0.25, 0.3) is 0 Å². The molecule has 0 aliphatic carbocycles. The van der Waals surface area contributed by atoms with E-state index in [1.165, 1.54) is 4.88 Å². The van der Waals surface area contributed by atoms with Crippen molar-refractivity contribution in [1.82, 2.24) is 9.80 Å². The van der Waals surface area contributed by atoms with Crippen molar-refractivity contribution in [3.63, 3.8) is 0 Å². The summed E-state index contributed by atoms with van der Waals surface area (Å²) < 4.78 is 11.9. The van der Waals surface area contributed by atoms with Gasteiger partial charge in [-0.1, -0.05) is 11.6 Å². The number of carbonyl (C=O) groups is 1. The van der Waals surface area contributed by atoms with Gasteiger partial charge in [0, 0.05) is 43.2 Å².